The molecular formula is C17H25N7O. The average Bonchev–Trinajstić information content (AvgIpc) is 3.25. The molecule has 1 saturated heterocycles. The van der Waals surface area contributed by atoms with Crippen molar-refractivity contribution < 1.29 is 4.79 Å². The van der Waals surface area contributed by atoms with E-state index in [0.717, 1.165) is 56.1 Å². The summed E-state index contributed by atoms with van der Waals surface area (Å²) in [6, 6.07) is 4.38. The fourth-order valence-corrected chi connectivity index (χ4v) is 3.84. The van der Waals surface area contributed by atoms with E-state index in [-0.39, 0.29) is 12.1 Å². The van der Waals surface area contributed by atoms with Crippen LogP contribution in [0.5, 0.6) is 0 Å². The van der Waals surface area contributed by atoms with Crippen molar-refractivity contribution in [1.29, 1.82) is 0 Å². The summed E-state index contributed by atoms with van der Waals surface area (Å²) >= 11 is 0. The van der Waals surface area contributed by atoms with Crippen LogP contribution >= 0.6 is 0 Å². The van der Waals surface area contributed by atoms with E-state index in [9.17, 15) is 4.79 Å². The van der Waals surface area contributed by atoms with Crippen LogP contribution in [0.25, 0.3) is 5.65 Å². The summed E-state index contributed by atoms with van der Waals surface area (Å²) in [5.41, 5.74) is 0.754. The molecule has 1 aliphatic carbocycles. The van der Waals surface area contributed by atoms with Crippen LogP contribution in [-0.4, -0.2) is 51.0 Å². The third kappa shape index (κ3) is 3.52. The van der Waals surface area contributed by atoms with E-state index in [0.29, 0.717) is 6.04 Å². The van der Waals surface area contributed by atoms with E-state index in [1.807, 2.05) is 19.1 Å². The van der Waals surface area contributed by atoms with Crippen LogP contribution in [0.1, 0.15) is 44.3 Å². The highest BCUT2D eigenvalue weighted by molar-refractivity contribution is 5.74. The van der Waals surface area contributed by atoms with Crippen LogP contribution in [-0.2, 0) is 0 Å². The lowest BCUT2D eigenvalue weighted by Gasteiger charge is -2.34. The maximum absolute atomic E-state index is 12.2. The molecule has 1 unspecified atom stereocenters. The molecule has 2 aliphatic rings. The van der Waals surface area contributed by atoms with Crippen molar-refractivity contribution in [2.45, 2.75) is 57.5 Å². The quantitative estimate of drug-likeness (QED) is 0.885. The number of nitrogens with zero attached hydrogens (tertiary/aromatic N) is 5. The number of hydrogen-bond donors (Lipinski definition) is 2. The molecule has 25 heavy (non-hydrogen) atoms. The van der Waals surface area contributed by atoms with E-state index in [4.69, 9.17) is 0 Å². The Labute approximate surface area is 147 Å². The Morgan fingerprint density at radius 3 is 2.68 bits per heavy atom. The minimum Gasteiger partial charge on any atom is -0.353 e. The highest BCUT2D eigenvalue weighted by atomic mass is 16.2. The lowest BCUT2D eigenvalue weighted by Crippen LogP contribution is -2.52. The first-order chi connectivity index (χ1) is 12.2. The first kappa shape index (κ1) is 16.1. The van der Waals surface area contributed by atoms with Crippen molar-refractivity contribution in [3.8, 4) is 0 Å². The Balaban J connectivity index is 1.39. The number of carbonyl (C=O) groups excluding carboxylic acids is 1. The number of amides is 2. The third-order valence-corrected chi connectivity index (χ3v) is 5.18. The molecule has 8 heteroatoms. The van der Waals surface area contributed by atoms with Crippen LogP contribution in [0, 0.1) is 6.92 Å². The number of aromatic nitrogens is 4. The number of rotatable bonds is 3. The van der Waals surface area contributed by atoms with Gasteiger partial charge in [0.05, 0.1) is 0 Å². The first-order valence-corrected chi connectivity index (χ1v) is 9.20. The Morgan fingerprint density at radius 2 is 1.84 bits per heavy atom. The van der Waals surface area contributed by atoms with Crippen LogP contribution < -0.4 is 15.5 Å². The van der Waals surface area contributed by atoms with Gasteiger partial charge in [-0.3, -0.25) is 0 Å². The zero-order valence-corrected chi connectivity index (χ0v) is 14.6. The highest BCUT2D eigenvalue weighted by Gasteiger charge is 2.24. The van der Waals surface area contributed by atoms with Gasteiger partial charge in [0.2, 0.25) is 0 Å². The topological polar surface area (TPSA) is 87.5 Å². The predicted octanol–water partition coefficient (Wildman–Crippen LogP) is 1.64. The minimum atomic E-state index is -0.0307. The largest absolute Gasteiger partial charge is 0.353 e. The number of urea groups is 1. The number of anilines is 1. The second-order valence-corrected chi connectivity index (χ2v) is 7.09. The zero-order chi connectivity index (χ0) is 17.2. The molecule has 1 aliphatic heterocycles. The summed E-state index contributed by atoms with van der Waals surface area (Å²) in [5, 5.41) is 19.0. The lowest BCUT2D eigenvalue weighted by molar-refractivity contribution is 0.231. The maximum atomic E-state index is 12.2. The third-order valence-electron chi connectivity index (χ3n) is 5.18. The van der Waals surface area contributed by atoms with Crippen LogP contribution in [0.4, 0.5) is 10.6 Å². The van der Waals surface area contributed by atoms with Gasteiger partial charge in [-0.2, -0.15) is 4.52 Å². The van der Waals surface area contributed by atoms with Gasteiger partial charge in [0.15, 0.2) is 11.5 Å². The molecule has 1 saturated carbocycles. The van der Waals surface area contributed by atoms with Crippen molar-refractivity contribution in [3.05, 3.63) is 18.0 Å². The van der Waals surface area contributed by atoms with Crippen LogP contribution in [0.2, 0.25) is 0 Å². The minimum absolute atomic E-state index is 0.0307. The predicted molar refractivity (Wildman–Crippen MR) is 94.7 cm³/mol. The van der Waals surface area contributed by atoms with E-state index in [2.05, 4.69) is 30.8 Å². The van der Waals surface area contributed by atoms with Gasteiger partial charge in [0.1, 0.15) is 5.82 Å². The van der Waals surface area contributed by atoms with Crippen molar-refractivity contribution in [2.24, 2.45) is 0 Å². The van der Waals surface area contributed by atoms with Gasteiger partial charge in [-0.15, -0.1) is 15.3 Å². The molecule has 3 heterocycles. The Hall–Kier alpha value is -2.38. The van der Waals surface area contributed by atoms with E-state index in [1.54, 1.807) is 4.52 Å². The normalized spacial score (nSPS) is 21.6. The van der Waals surface area contributed by atoms with Gasteiger partial charge < -0.3 is 15.5 Å². The summed E-state index contributed by atoms with van der Waals surface area (Å²) in [6.07, 6.45) is 6.69. The molecule has 0 spiro atoms. The smallest absolute Gasteiger partial charge is 0.315 e. The monoisotopic (exact) mass is 343 g/mol. The molecule has 2 fully saturated rings. The molecule has 1 atom stereocenters. The molecule has 2 amide bonds. The van der Waals surface area contributed by atoms with Gasteiger partial charge in [-0.05, 0) is 44.7 Å². The van der Waals surface area contributed by atoms with Gasteiger partial charge in [0.25, 0.3) is 0 Å². The van der Waals surface area contributed by atoms with Gasteiger partial charge in [-0.25, -0.2) is 4.79 Å². The van der Waals surface area contributed by atoms with E-state index < -0.39 is 0 Å². The van der Waals surface area contributed by atoms with E-state index >= 15 is 0 Å². The number of carbonyl (C=O) groups is 1. The summed E-state index contributed by atoms with van der Waals surface area (Å²) in [7, 11) is 0. The second-order valence-electron chi connectivity index (χ2n) is 7.09. The first-order valence-electron chi connectivity index (χ1n) is 9.20. The second kappa shape index (κ2) is 6.85. The van der Waals surface area contributed by atoms with Gasteiger partial charge in [-0.1, -0.05) is 12.8 Å². The van der Waals surface area contributed by atoms with Crippen molar-refractivity contribution in [2.75, 3.05) is 18.0 Å². The molecule has 0 radical (unpaired) electrons. The van der Waals surface area contributed by atoms with Crippen LogP contribution in [0.3, 0.4) is 0 Å². The molecule has 134 valence electrons. The Kier molecular flexibility index (Phi) is 4.42. The maximum Gasteiger partial charge on any atom is 0.315 e. The molecule has 2 aromatic rings. The zero-order valence-electron chi connectivity index (χ0n) is 14.6. The SMILES string of the molecule is Cc1nnc2ccc(N3CCCC(NC(=O)NC4CCCC4)C3)nn12. The molecule has 0 bridgehead atoms. The Bertz CT molecular complexity index is 753. The van der Waals surface area contributed by atoms with Gasteiger partial charge >= 0.3 is 6.03 Å². The Morgan fingerprint density at radius 1 is 1.08 bits per heavy atom. The van der Waals surface area contributed by atoms with Crippen molar-refractivity contribution in [3.63, 3.8) is 0 Å². The molecule has 2 N–H and O–H groups in total. The molecular weight excluding hydrogens is 318 g/mol. The molecule has 4 rings (SSSR count). The summed E-state index contributed by atoms with van der Waals surface area (Å²) in [6.45, 7) is 3.62. The van der Waals surface area contributed by atoms with Crippen molar-refractivity contribution in [1.82, 2.24) is 30.4 Å². The standard InChI is InChI=1S/C17H25N7O/c1-12-20-21-15-8-9-16(22-24(12)15)23-10-4-7-14(11-23)19-17(25)18-13-5-2-3-6-13/h8-9,13-14H,2-7,10-11H2,1H3,(H2,18,19,25). The van der Waals surface area contributed by atoms with Crippen LogP contribution in [0.15, 0.2) is 12.1 Å². The number of aryl methyl sites for hydroxylation is 1. The fourth-order valence-electron chi connectivity index (χ4n) is 3.84. The number of hydrogen-bond acceptors (Lipinski definition) is 5. The van der Waals surface area contributed by atoms with Crippen molar-refractivity contribution >= 4 is 17.5 Å². The molecule has 8 nitrogen and oxygen atoms in total. The summed E-state index contributed by atoms with van der Waals surface area (Å²) in [4.78, 5) is 14.4. The number of nitrogens with one attached hydrogen (secondary N) is 2. The lowest BCUT2D eigenvalue weighted by atomic mass is 10.1. The van der Waals surface area contributed by atoms with E-state index in [1.165, 1.54) is 12.8 Å². The average molecular weight is 343 g/mol. The van der Waals surface area contributed by atoms with Gasteiger partial charge in [0, 0.05) is 25.2 Å². The number of piperidine rings is 1. The molecule has 2 aromatic heterocycles. The molecule has 0 aromatic carbocycles. The summed E-state index contributed by atoms with van der Waals surface area (Å²) < 4.78 is 1.76. The number of fused-ring (bicyclic) bond motifs is 1. The summed E-state index contributed by atoms with van der Waals surface area (Å²) in [5.74, 6) is 1.68. The highest BCUT2D eigenvalue weighted by Crippen LogP contribution is 2.19. The fraction of sp³-hybridized carbons (Fsp3) is 0.647.